The number of carbonyl (C=O) groups is 5. The zero-order valence-corrected chi connectivity index (χ0v) is 19.9. The monoisotopic (exact) mass is 495 g/mol. The SMILES string of the molecule is COC(=O)c1cc(NC(=O)COC(=O)[C@H](Cc2c[nH]c3ccccc23)NC(C)=O)cc(C(=O)OC)c1. The minimum Gasteiger partial charge on any atom is -0.465 e. The first-order chi connectivity index (χ1) is 17.2. The molecule has 0 aliphatic rings. The number of aromatic amines is 1. The number of methoxy groups -OCH3 is 2. The molecule has 0 bridgehead atoms. The third-order valence-electron chi connectivity index (χ3n) is 5.17. The van der Waals surface area contributed by atoms with Crippen molar-refractivity contribution in [3.8, 4) is 0 Å². The van der Waals surface area contributed by atoms with Gasteiger partial charge in [-0.15, -0.1) is 0 Å². The van der Waals surface area contributed by atoms with Crippen molar-refractivity contribution in [2.75, 3.05) is 26.1 Å². The van der Waals surface area contributed by atoms with Crippen LogP contribution in [0.5, 0.6) is 0 Å². The van der Waals surface area contributed by atoms with E-state index in [9.17, 15) is 24.0 Å². The molecule has 3 aromatic rings. The minimum atomic E-state index is -1.02. The van der Waals surface area contributed by atoms with Crippen molar-refractivity contribution < 1.29 is 38.2 Å². The van der Waals surface area contributed by atoms with Crippen molar-refractivity contribution in [3.63, 3.8) is 0 Å². The molecule has 0 spiro atoms. The molecular formula is C25H25N3O8. The Kier molecular flexibility index (Phi) is 8.39. The number of anilines is 1. The number of hydrogen-bond acceptors (Lipinski definition) is 8. The summed E-state index contributed by atoms with van der Waals surface area (Å²) in [7, 11) is 2.35. The summed E-state index contributed by atoms with van der Waals surface area (Å²) in [5.74, 6) is -3.41. The van der Waals surface area contributed by atoms with Crippen LogP contribution in [-0.2, 0) is 35.0 Å². The predicted octanol–water partition coefficient (Wildman–Crippen LogP) is 1.97. The van der Waals surface area contributed by atoms with Crippen LogP contribution in [0.3, 0.4) is 0 Å². The van der Waals surface area contributed by atoms with Crippen molar-refractivity contribution in [2.24, 2.45) is 0 Å². The van der Waals surface area contributed by atoms with E-state index < -0.39 is 42.4 Å². The summed E-state index contributed by atoms with van der Waals surface area (Å²) in [5, 5.41) is 5.90. The molecule has 2 aromatic carbocycles. The Balaban J connectivity index is 1.68. The number of nitrogens with one attached hydrogen (secondary N) is 3. The Morgan fingerprint density at radius 3 is 2.19 bits per heavy atom. The highest BCUT2D eigenvalue weighted by Crippen LogP contribution is 2.20. The van der Waals surface area contributed by atoms with Crippen LogP contribution < -0.4 is 10.6 Å². The van der Waals surface area contributed by atoms with Gasteiger partial charge in [-0.1, -0.05) is 18.2 Å². The van der Waals surface area contributed by atoms with Gasteiger partial charge in [0, 0.05) is 36.1 Å². The molecule has 0 saturated carbocycles. The number of fused-ring (bicyclic) bond motifs is 1. The third-order valence-corrected chi connectivity index (χ3v) is 5.17. The largest absolute Gasteiger partial charge is 0.465 e. The van der Waals surface area contributed by atoms with Gasteiger partial charge >= 0.3 is 17.9 Å². The smallest absolute Gasteiger partial charge is 0.337 e. The fourth-order valence-corrected chi connectivity index (χ4v) is 3.56. The van der Waals surface area contributed by atoms with E-state index in [1.54, 1.807) is 6.20 Å². The average Bonchev–Trinajstić information content (AvgIpc) is 3.28. The minimum absolute atomic E-state index is 0.0112. The molecule has 0 radical (unpaired) electrons. The summed E-state index contributed by atoms with van der Waals surface area (Å²) >= 11 is 0. The van der Waals surface area contributed by atoms with E-state index >= 15 is 0 Å². The second kappa shape index (κ2) is 11.6. The fourth-order valence-electron chi connectivity index (χ4n) is 3.56. The van der Waals surface area contributed by atoms with Gasteiger partial charge < -0.3 is 29.8 Å². The lowest BCUT2D eigenvalue weighted by Crippen LogP contribution is -2.43. The molecule has 11 nitrogen and oxygen atoms in total. The maximum absolute atomic E-state index is 12.7. The van der Waals surface area contributed by atoms with E-state index in [0.717, 1.165) is 16.5 Å². The zero-order valence-electron chi connectivity index (χ0n) is 19.9. The number of aromatic nitrogens is 1. The molecule has 1 atom stereocenters. The van der Waals surface area contributed by atoms with Gasteiger partial charge in [-0.05, 0) is 29.8 Å². The van der Waals surface area contributed by atoms with Crippen LogP contribution in [0, 0.1) is 0 Å². The molecule has 36 heavy (non-hydrogen) atoms. The molecule has 0 aliphatic heterocycles. The molecule has 0 fully saturated rings. The highest BCUT2D eigenvalue weighted by molar-refractivity contribution is 6.00. The Labute approximate surface area is 206 Å². The quantitative estimate of drug-likeness (QED) is 0.301. The Bertz CT molecular complexity index is 1280. The van der Waals surface area contributed by atoms with Crippen molar-refractivity contribution in [3.05, 3.63) is 65.4 Å². The van der Waals surface area contributed by atoms with Crippen LogP contribution in [0.2, 0.25) is 0 Å². The number of amides is 2. The fraction of sp³-hybridized carbons (Fsp3) is 0.240. The third kappa shape index (κ3) is 6.47. The summed E-state index contributed by atoms with van der Waals surface area (Å²) < 4.78 is 14.5. The van der Waals surface area contributed by atoms with Crippen LogP contribution >= 0.6 is 0 Å². The number of carbonyl (C=O) groups excluding carboxylic acids is 5. The number of hydrogen-bond donors (Lipinski definition) is 3. The lowest BCUT2D eigenvalue weighted by atomic mass is 10.0. The number of para-hydroxylation sites is 1. The molecule has 1 heterocycles. The normalized spacial score (nSPS) is 11.3. The van der Waals surface area contributed by atoms with E-state index in [1.165, 1.54) is 39.3 Å². The molecule has 188 valence electrons. The molecule has 2 amide bonds. The average molecular weight is 495 g/mol. The van der Waals surface area contributed by atoms with Crippen LogP contribution in [0.15, 0.2) is 48.7 Å². The van der Waals surface area contributed by atoms with Gasteiger partial charge in [0.05, 0.1) is 25.3 Å². The van der Waals surface area contributed by atoms with Gasteiger partial charge in [-0.2, -0.15) is 0 Å². The van der Waals surface area contributed by atoms with E-state index in [0.29, 0.717) is 0 Å². The van der Waals surface area contributed by atoms with Crippen molar-refractivity contribution in [1.29, 1.82) is 0 Å². The van der Waals surface area contributed by atoms with Crippen molar-refractivity contribution in [1.82, 2.24) is 10.3 Å². The van der Waals surface area contributed by atoms with Crippen LogP contribution in [0.25, 0.3) is 10.9 Å². The van der Waals surface area contributed by atoms with E-state index in [1.807, 2.05) is 24.3 Å². The maximum Gasteiger partial charge on any atom is 0.337 e. The number of H-pyrrole nitrogens is 1. The first-order valence-corrected chi connectivity index (χ1v) is 10.8. The summed E-state index contributed by atoms with van der Waals surface area (Å²) in [5.41, 5.74) is 1.79. The topological polar surface area (TPSA) is 153 Å². The Morgan fingerprint density at radius 1 is 0.944 bits per heavy atom. The number of ether oxygens (including phenoxy) is 3. The molecule has 1 aromatic heterocycles. The Morgan fingerprint density at radius 2 is 1.58 bits per heavy atom. The summed E-state index contributed by atoms with van der Waals surface area (Å²) in [6.45, 7) is 0.605. The van der Waals surface area contributed by atoms with Gasteiger partial charge in [0.1, 0.15) is 6.04 Å². The van der Waals surface area contributed by atoms with E-state index in [-0.39, 0.29) is 23.2 Å². The molecule has 0 unspecified atom stereocenters. The second-order valence-corrected chi connectivity index (χ2v) is 7.75. The lowest BCUT2D eigenvalue weighted by molar-refractivity contribution is -0.150. The van der Waals surface area contributed by atoms with Crippen LogP contribution in [-0.4, -0.2) is 61.6 Å². The molecular weight excluding hydrogens is 470 g/mol. The first-order valence-electron chi connectivity index (χ1n) is 10.8. The lowest BCUT2D eigenvalue weighted by Gasteiger charge is -2.16. The van der Waals surface area contributed by atoms with E-state index in [2.05, 4.69) is 25.1 Å². The van der Waals surface area contributed by atoms with Gasteiger partial charge in [0.25, 0.3) is 5.91 Å². The Hall–Kier alpha value is -4.67. The highest BCUT2D eigenvalue weighted by atomic mass is 16.5. The van der Waals surface area contributed by atoms with Gasteiger partial charge in [-0.3, -0.25) is 9.59 Å². The van der Waals surface area contributed by atoms with E-state index in [4.69, 9.17) is 4.74 Å². The summed E-state index contributed by atoms with van der Waals surface area (Å²) in [4.78, 5) is 63.8. The number of rotatable bonds is 9. The summed E-state index contributed by atoms with van der Waals surface area (Å²) in [6, 6.07) is 10.3. The van der Waals surface area contributed by atoms with Gasteiger partial charge in [0.2, 0.25) is 5.91 Å². The standard InChI is InChI=1S/C25H25N3O8/c1-14(29)27-21(11-17-12-26-20-7-5-4-6-19(17)20)25(33)36-13-22(30)28-18-9-15(23(31)34-2)8-16(10-18)24(32)35-3/h4-10,12,21,26H,11,13H2,1-3H3,(H,27,29)(H,28,30)/t21-/m0/s1. The molecule has 0 saturated heterocycles. The van der Waals surface area contributed by atoms with Crippen molar-refractivity contribution >= 4 is 46.3 Å². The number of benzene rings is 2. The first kappa shape index (κ1) is 25.9. The zero-order chi connectivity index (χ0) is 26.2. The predicted molar refractivity (Wildman–Crippen MR) is 128 cm³/mol. The molecule has 11 heteroatoms. The molecule has 3 rings (SSSR count). The van der Waals surface area contributed by atoms with Crippen molar-refractivity contribution in [2.45, 2.75) is 19.4 Å². The van der Waals surface area contributed by atoms with Gasteiger partial charge in [0.15, 0.2) is 6.61 Å². The van der Waals surface area contributed by atoms with Crippen LogP contribution in [0.4, 0.5) is 5.69 Å². The highest BCUT2D eigenvalue weighted by Gasteiger charge is 2.24. The molecule has 0 aliphatic carbocycles. The van der Waals surface area contributed by atoms with Gasteiger partial charge in [-0.25, -0.2) is 14.4 Å². The summed E-state index contributed by atoms with van der Waals surface area (Å²) in [6.07, 6.45) is 1.89. The van der Waals surface area contributed by atoms with Crippen LogP contribution in [0.1, 0.15) is 33.2 Å². The number of esters is 3. The second-order valence-electron chi connectivity index (χ2n) is 7.75. The molecule has 3 N–H and O–H groups in total. The maximum atomic E-state index is 12.7.